The number of anilines is 1. The van der Waals surface area contributed by atoms with Crippen LogP contribution in [0, 0.1) is 5.92 Å². The van der Waals surface area contributed by atoms with Gasteiger partial charge in [0.25, 0.3) is 0 Å². The maximum absolute atomic E-state index is 11.7. The third kappa shape index (κ3) is 5.22. The minimum absolute atomic E-state index is 0.350. The fraction of sp³-hybridized carbons (Fsp3) is 0.348. The maximum atomic E-state index is 11.7. The quantitative estimate of drug-likeness (QED) is 0.438. The third-order valence-electron chi connectivity index (χ3n) is 5.21. The molecule has 0 unspecified atom stereocenters. The van der Waals surface area contributed by atoms with Crippen LogP contribution in [-0.4, -0.2) is 31.9 Å². The number of benzene rings is 2. The summed E-state index contributed by atoms with van der Waals surface area (Å²) >= 11 is 0. The monoisotopic (exact) mass is 394 g/mol. The van der Waals surface area contributed by atoms with Crippen molar-refractivity contribution in [2.75, 3.05) is 19.6 Å². The van der Waals surface area contributed by atoms with Gasteiger partial charge in [0.1, 0.15) is 0 Å². The molecule has 0 bridgehead atoms. The van der Waals surface area contributed by atoms with Crippen LogP contribution in [0.15, 0.2) is 53.6 Å². The Morgan fingerprint density at radius 2 is 1.28 bits per heavy atom. The van der Waals surface area contributed by atoms with E-state index in [1.165, 1.54) is 33.5 Å². The molecule has 0 aliphatic heterocycles. The van der Waals surface area contributed by atoms with Crippen LogP contribution >= 0.6 is 0 Å². The molecule has 0 atom stereocenters. The molecule has 1 saturated carbocycles. The van der Waals surface area contributed by atoms with Gasteiger partial charge in [0.2, 0.25) is 0 Å². The maximum Gasteiger partial charge on any atom is 0.337 e. The summed E-state index contributed by atoms with van der Waals surface area (Å²) in [6.45, 7) is 0. The first-order valence-corrected chi connectivity index (χ1v) is 9.83. The molecule has 0 amide bonds. The SMILES string of the molecule is COC(=O)c1ccc(N/N=C(/c2ccc(C(=O)OC)cc2)C2CCCCC2)cc1. The number of methoxy groups -OCH3 is 2. The average Bonchev–Trinajstić information content (AvgIpc) is 2.79. The predicted molar refractivity (Wildman–Crippen MR) is 112 cm³/mol. The fourth-order valence-corrected chi connectivity index (χ4v) is 3.59. The highest BCUT2D eigenvalue weighted by Crippen LogP contribution is 2.28. The van der Waals surface area contributed by atoms with Crippen LogP contribution in [0.2, 0.25) is 0 Å². The summed E-state index contributed by atoms with van der Waals surface area (Å²) in [5.41, 5.74) is 6.89. The van der Waals surface area contributed by atoms with E-state index in [4.69, 9.17) is 14.6 Å². The fourth-order valence-electron chi connectivity index (χ4n) is 3.59. The van der Waals surface area contributed by atoms with Gasteiger partial charge in [-0.05, 0) is 54.8 Å². The van der Waals surface area contributed by atoms with Crippen molar-refractivity contribution in [3.8, 4) is 0 Å². The molecule has 6 nitrogen and oxygen atoms in total. The lowest BCUT2D eigenvalue weighted by atomic mass is 9.83. The molecular formula is C23H26N2O4. The third-order valence-corrected chi connectivity index (χ3v) is 5.21. The number of hydrogen-bond acceptors (Lipinski definition) is 6. The van der Waals surface area contributed by atoms with E-state index in [0.29, 0.717) is 17.0 Å². The van der Waals surface area contributed by atoms with Crippen molar-refractivity contribution in [3.05, 3.63) is 65.2 Å². The van der Waals surface area contributed by atoms with Crippen LogP contribution in [-0.2, 0) is 9.47 Å². The Morgan fingerprint density at radius 3 is 1.79 bits per heavy atom. The van der Waals surface area contributed by atoms with Gasteiger partial charge < -0.3 is 9.47 Å². The molecular weight excluding hydrogens is 368 g/mol. The summed E-state index contributed by atoms with van der Waals surface area (Å²) in [4.78, 5) is 23.3. The van der Waals surface area contributed by atoms with E-state index in [9.17, 15) is 9.59 Å². The number of esters is 2. The number of rotatable bonds is 6. The zero-order chi connectivity index (χ0) is 20.6. The van der Waals surface area contributed by atoms with E-state index in [2.05, 4.69) is 5.43 Å². The highest BCUT2D eigenvalue weighted by molar-refractivity contribution is 6.03. The van der Waals surface area contributed by atoms with Gasteiger partial charge in [-0.15, -0.1) is 0 Å². The Labute approximate surface area is 170 Å². The lowest BCUT2D eigenvalue weighted by Crippen LogP contribution is -2.20. The summed E-state index contributed by atoms with van der Waals surface area (Å²) in [6.07, 6.45) is 5.84. The zero-order valence-corrected chi connectivity index (χ0v) is 16.8. The number of nitrogens with zero attached hydrogens (tertiary/aromatic N) is 1. The van der Waals surface area contributed by atoms with Crippen LogP contribution < -0.4 is 5.43 Å². The van der Waals surface area contributed by atoms with Crippen LogP contribution in [0.3, 0.4) is 0 Å². The topological polar surface area (TPSA) is 77.0 Å². The molecule has 2 aromatic rings. The normalized spacial score (nSPS) is 14.9. The van der Waals surface area contributed by atoms with E-state index >= 15 is 0 Å². The van der Waals surface area contributed by atoms with E-state index in [1.807, 2.05) is 12.1 Å². The second kappa shape index (κ2) is 9.87. The van der Waals surface area contributed by atoms with Crippen molar-refractivity contribution in [1.29, 1.82) is 0 Å². The first kappa shape index (κ1) is 20.6. The minimum atomic E-state index is -0.367. The van der Waals surface area contributed by atoms with Gasteiger partial charge in [-0.25, -0.2) is 9.59 Å². The second-order valence-electron chi connectivity index (χ2n) is 7.08. The van der Waals surface area contributed by atoms with Crippen molar-refractivity contribution in [3.63, 3.8) is 0 Å². The first-order valence-electron chi connectivity index (χ1n) is 9.83. The number of hydrazone groups is 1. The second-order valence-corrected chi connectivity index (χ2v) is 7.08. The summed E-state index contributed by atoms with van der Waals surface area (Å²) < 4.78 is 9.50. The zero-order valence-electron chi connectivity index (χ0n) is 16.8. The van der Waals surface area contributed by atoms with Gasteiger partial charge in [0, 0.05) is 5.92 Å². The molecule has 3 rings (SSSR count). The van der Waals surface area contributed by atoms with Gasteiger partial charge in [-0.1, -0.05) is 31.4 Å². The Hall–Kier alpha value is -3.15. The van der Waals surface area contributed by atoms with Gasteiger partial charge in [-0.3, -0.25) is 5.43 Å². The summed E-state index contributed by atoms with van der Waals surface area (Å²) in [6, 6.07) is 14.4. The highest BCUT2D eigenvalue weighted by Gasteiger charge is 2.21. The molecule has 0 heterocycles. The molecule has 1 aliphatic rings. The standard InChI is InChI=1S/C23H26N2O4/c1-28-22(26)18-10-8-17(9-11-18)21(16-6-4-3-5-7-16)25-24-20-14-12-19(13-15-20)23(27)29-2/h8-16,24H,3-7H2,1-2H3/b25-21+. The molecule has 0 aromatic heterocycles. The van der Waals surface area contributed by atoms with Crippen molar-refractivity contribution in [2.45, 2.75) is 32.1 Å². The smallest absolute Gasteiger partial charge is 0.337 e. The van der Waals surface area contributed by atoms with Crippen molar-refractivity contribution in [1.82, 2.24) is 0 Å². The molecule has 29 heavy (non-hydrogen) atoms. The number of nitrogens with one attached hydrogen (secondary N) is 1. The van der Waals surface area contributed by atoms with Crippen molar-refractivity contribution >= 4 is 23.3 Å². The molecule has 0 spiro atoms. The van der Waals surface area contributed by atoms with Gasteiger partial charge in [-0.2, -0.15) is 5.10 Å². The molecule has 152 valence electrons. The summed E-state index contributed by atoms with van der Waals surface area (Å²) in [7, 11) is 2.74. The van der Waals surface area contributed by atoms with Crippen LogP contribution in [0.1, 0.15) is 58.4 Å². The van der Waals surface area contributed by atoms with Crippen molar-refractivity contribution < 1.29 is 19.1 Å². The summed E-state index contributed by atoms with van der Waals surface area (Å²) in [5.74, 6) is -0.347. The van der Waals surface area contributed by atoms with Gasteiger partial charge >= 0.3 is 11.9 Å². The van der Waals surface area contributed by atoms with E-state index in [1.54, 1.807) is 36.4 Å². The van der Waals surface area contributed by atoms with E-state index < -0.39 is 0 Å². The lowest BCUT2D eigenvalue weighted by molar-refractivity contribution is 0.0592. The minimum Gasteiger partial charge on any atom is -0.465 e. The Bertz CT molecular complexity index is 867. The lowest BCUT2D eigenvalue weighted by Gasteiger charge is -2.23. The molecule has 0 radical (unpaired) electrons. The molecule has 1 N–H and O–H groups in total. The first-order chi connectivity index (χ1) is 14.1. The predicted octanol–water partition coefficient (Wildman–Crippen LogP) is 4.66. The average molecular weight is 394 g/mol. The molecule has 1 fully saturated rings. The largest absolute Gasteiger partial charge is 0.465 e. The molecule has 0 saturated heterocycles. The number of ether oxygens (including phenoxy) is 2. The summed E-state index contributed by atoms with van der Waals surface area (Å²) in [5, 5.41) is 4.71. The molecule has 6 heteroatoms. The molecule has 1 aliphatic carbocycles. The Morgan fingerprint density at radius 1 is 0.793 bits per heavy atom. The van der Waals surface area contributed by atoms with Crippen molar-refractivity contribution in [2.24, 2.45) is 11.0 Å². The van der Waals surface area contributed by atoms with E-state index in [-0.39, 0.29) is 11.9 Å². The van der Waals surface area contributed by atoms with Gasteiger partial charge in [0.05, 0.1) is 36.7 Å². The number of hydrogen-bond donors (Lipinski definition) is 1. The number of carbonyl (C=O) groups excluding carboxylic acids is 2. The van der Waals surface area contributed by atoms with Gasteiger partial charge in [0.15, 0.2) is 0 Å². The van der Waals surface area contributed by atoms with Crippen LogP contribution in [0.25, 0.3) is 0 Å². The van der Waals surface area contributed by atoms with E-state index in [0.717, 1.165) is 29.8 Å². The van der Waals surface area contributed by atoms with Crippen LogP contribution in [0.4, 0.5) is 5.69 Å². The Kier molecular flexibility index (Phi) is 7.00. The number of carbonyl (C=O) groups is 2. The van der Waals surface area contributed by atoms with Crippen LogP contribution in [0.5, 0.6) is 0 Å². The highest BCUT2D eigenvalue weighted by atomic mass is 16.5. The Balaban J connectivity index is 1.83. The molecule has 2 aromatic carbocycles.